The van der Waals surface area contributed by atoms with E-state index in [1.165, 1.54) is 31.7 Å². The molecule has 112 valence electrons. The summed E-state index contributed by atoms with van der Waals surface area (Å²) in [7, 11) is 0. The van der Waals surface area contributed by atoms with Crippen LogP contribution in [0.15, 0.2) is 18.2 Å². The summed E-state index contributed by atoms with van der Waals surface area (Å²) in [6, 6.07) is 5.67. The van der Waals surface area contributed by atoms with Crippen LogP contribution in [-0.2, 0) is 6.42 Å². The number of hydrogen-bond donors (Lipinski definition) is 1. The van der Waals surface area contributed by atoms with Gasteiger partial charge in [-0.25, -0.2) is 4.39 Å². The van der Waals surface area contributed by atoms with Gasteiger partial charge in [0.25, 0.3) is 0 Å². The summed E-state index contributed by atoms with van der Waals surface area (Å²) < 4.78 is 13.5. The molecule has 2 rings (SSSR count). The van der Waals surface area contributed by atoms with Gasteiger partial charge < -0.3 is 5.32 Å². The molecule has 1 aromatic rings. The van der Waals surface area contributed by atoms with E-state index < -0.39 is 0 Å². The fourth-order valence-electron chi connectivity index (χ4n) is 3.25. The zero-order valence-electron chi connectivity index (χ0n) is 12.3. The van der Waals surface area contributed by atoms with E-state index in [-0.39, 0.29) is 5.82 Å². The van der Waals surface area contributed by atoms with Crippen molar-refractivity contribution in [2.24, 2.45) is 5.92 Å². The Morgan fingerprint density at radius 1 is 1.35 bits per heavy atom. The van der Waals surface area contributed by atoms with Crippen LogP contribution in [0.1, 0.15) is 51.0 Å². The van der Waals surface area contributed by atoms with Crippen molar-refractivity contribution in [3.8, 4) is 0 Å². The Hall–Kier alpha value is -0.600. The number of benzene rings is 1. The van der Waals surface area contributed by atoms with Gasteiger partial charge >= 0.3 is 0 Å². The highest BCUT2D eigenvalue weighted by Crippen LogP contribution is 2.30. The first-order valence-corrected chi connectivity index (χ1v) is 8.26. The van der Waals surface area contributed by atoms with Crippen molar-refractivity contribution in [2.45, 2.75) is 57.9 Å². The molecule has 1 aromatic carbocycles. The second-order valence-electron chi connectivity index (χ2n) is 5.86. The molecular formula is C17H25ClFN. The summed E-state index contributed by atoms with van der Waals surface area (Å²) >= 11 is 6.05. The van der Waals surface area contributed by atoms with E-state index in [1.807, 2.05) is 6.07 Å². The maximum atomic E-state index is 13.5. The Morgan fingerprint density at radius 2 is 2.10 bits per heavy atom. The van der Waals surface area contributed by atoms with E-state index >= 15 is 0 Å². The van der Waals surface area contributed by atoms with E-state index in [0.717, 1.165) is 37.3 Å². The molecule has 20 heavy (non-hydrogen) atoms. The molecule has 3 heteroatoms. The topological polar surface area (TPSA) is 12.0 Å². The van der Waals surface area contributed by atoms with Gasteiger partial charge in [0.2, 0.25) is 0 Å². The SMILES string of the molecule is CCCNC(CCc1cccc(F)c1Cl)C1CCCC1. The third kappa shape index (κ3) is 4.20. The van der Waals surface area contributed by atoms with Gasteiger partial charge in [-0.1, -0.05) is 43.5 Å². The van der Waals surface area contributed by atoms with Crippen LogP contribution in [0.25, 0.3) is 0 Å². The van der Waals surface area contributed by atoms with E-state index in [2.05, 4.69) is 12.2 Å². The highest BCUT2D eigenvalue weighted by molar-refractivity contribution is 6.31. The van der Waals surface area contributed by atoms with Gasteiger partial charge in [0.15, 0.2) is 0 Å². The molecule has 1 fully saturated rings. The predicted octanol–water partition coefficient (Wildman–Crippen LogP) is 4.97. The minimum Gasteiger partial charge on any atom is -0.314 e. The number of halogens is 2. The molecule has 1 nitrogen and oxygen atoms in total. The van der Waals surface area contributed by atoms with Crippen LogP contribution in [-0.4, -0.2) is 12.6 Å². The molecular weight excluding hydrogens is 273 g/mol. The fraction of sp³-hybridized carbons (Fsp3) is 0.647. The highest BCUT2D eigenvalue weighted by Gasteiger charge is 2.24. The summed E-state index contributed by atoms with van der Waals surface area (Å²) in [6.45, 7) is 3.26. The van der Waals surface area contributed by atoms with E-state index in [9.17, 15) is 4.39 Å². The second-order valence-corrected chi connectivity index (χ2v) is 6.23. The van der Waals surface area contributed by atoms with Crippen LogP contribution in [0, 0.1) is 11.7 Å². The third-order valence-corrected chi connectivity index (χ3v) is 4.80. The van der Waals surface area contributed by atoms with E-state index in [0.29, 0.717) is 11.1 Å². The van der Waals surface area contributed by atoms with Crippen molar-refractivity contribution in [1.82, 2.24) is 5.32 Å². The van der Waals surface area contributed by atoms with Gasteiger partial charge in [-0.05, 0) is 56.2 Å². The summed E-state index contributed by atoms with van der Waals surface area (Å²) in [4.78, 5) is 0. The van der Waals surface area contributed by atoms with Crippen molar-refractivity contribution in [3.05, 3.63) is 34.6 Å². The summed E-state index contributed by atoms with van der Waals surface area (Å²) in [5.41, 5.74) is 0.938. The average Bonchev–Trinajstić information content (AvgIpc) is 2.97. The zero-order chi connectivity index (χ0) is 14.4. The minimum absolute atomic E-state index is 0.299. The summed E-state index contributed by atoms with van der Waals surface area (Å²) in [5.74, 6) is 0.483. The Kier molecular flexibility index (Phi) is 6.31. The van der Waals surface area contributed by atoms with Crippen LogP contribution in [0.5, 0.6) is 0 Å². The van der Waals surface area contributed by atoms with Crippen LogP contribution in [0.4, 0.5) is 4.39 Å². The minimum atomic E-state index is -0.303. The van der Waals surface area contributed by atoms with Gasteiger partial charge in [-0.2, -0.15) is 0 Å². The zero-order valence-corrected chi connectivity index (χ0v) is 13.1. The lowest BCUT2D eigenvalue weighted by molar-refractivity contribution is 0.340. The first-order valence-electron chi connectivity index (χ1n) is 7.88. The van der Waals surface area contributed by atoms with E-state index in [1.54, 1.807) is 6.07 Å². The summed E-state index contributed by atoms with van der Waals surface area (Å²) in [5, 5.41) is 3.98. The smallest absolute Gasteiger partial charge is 0.142 e. The molecule has 1 atom stereocenters. The molecule has 1 unspecified atom stereocenters. The van der Waals surface area contributed by atoms with Gasteiger partial charge in [-0.3, -0.25) is 0 Å². The number of nitrogens with one attached hydrogen (secondary N) is 1. The molecule has 0 bridgehead atoms. The van der Waals surface area contributed by atoms with Crippen molar-refractivity contribution in [2.75, 3.05) is 6.54 Å². The molecule has 1 N–H and O–H groups in total. The maximum Gasteiger partial charge on any atom is 0.142 e. The lowest BCUT2D eigenvalue weighted by Gasteiger charge is -2.25. The monoisotopic (exact) mass is 297 g/mol. The molecule has 1 aliphatic carbocycles. The van der Waals surface area contributed by atoms with Crippen LogP contribution >= 0.6 is 11.6 Å². The van der Waals surface area contributed by atoms with Crippen molar-refractivity contribution in [1.29, 1.82) is 0 Å². The quantitative estimate of drug-likeness (QED) is 0.749. The standard InChI is InChI=1S/C17H25ClFN/c1-2-12-20-16(13-6-3-4-7-13)11-10-14-8-5-9-15(19)17(14)18/h5,8-9,13,16,20H,2-4,6-7,10-12H2,1H3. The fourth-order valence-corrected chi connectivity index (χ4v) is 3.47. The Bertz CT molecular complexity index is 415. The summed E-state index contributed by atoms with van der Waals surface area (Å²) in [6.07, 6.45) is 8.44. The molecule has 0 spiro atoms. The molecule has 0 aliphatic heterocycles. The van der Waals surface area contributed by atoms with Gasteiger partial charge in [0, 0.05) is 6.04 Å². The number of hydrogen-bond acceptors (Lipinski definition) is 1. The lowest BCUT2D eigenvalue weighted by Crippen LogP contribution is -2.36. The maximum absolute atomic E-state index is 13.5. The molecule has 0 heterocycles. The van der Waals surface area contributed by atoms with Crippen LogP contribution < -0.4 is 5.32 Å². The van der Waals surface area contributed by atoms with Gasteiger partial charge in [0.1, 0.15) is 5.82 Å². The Balaban J connectivity index is 1.95. The van der Waals surface area contributed by atoms with Crippen molar-refractivity contribution < 1.29 is 4.39 Å². The van der Waals surface area contributed by atoms with Crippen molar-refractivity contribution >= 4 is 11.6 Å². The van der Waals surface area contributed by atoms with E-state index in [4.69, 9.17) is 11.6 Å². The number of aryl methyl sites for hydroxylation is 1. The van der Waals surface area contributed by atoms with Crippen LogP contribution in [0.2, 0.25) is 5.02 Å². The van der Waals surface area contributed by atoms with Gasteiger partial charge in [0.05, 0.1) is 5.02 Å². The predicted molar refractivity (Wildman–Crippen MR) is 83.8 cm³/mol. The Morgan fingerprint density at radius 3 is 2.80 bits per heavy atom. The number of rotatable bonds is 7. The average molecular weight is 298 g/mol. The third-order valence-electron chi connectivity index (χ3n) is 4.38. The molecule has 1 saturated carbocycles. The van der Waals surface area contributed by atoms with Crippen LogP contribution in [0.3, 0.4) is 0 Å². The Labute approximate surface area is 126 Å². The molecule has 0 saturated heterocycles. The van der Waals surface area contributed by atoms with Gasteiger partial charge in [-0.15, -0.1) is 0 Å². The molecule has 0 radical (unpaired) electrons. The van der Waals surface area contributed by atoms with Crippen molar-refractivity contribution in [3.63, 3.8) is 0 Å². The largest absolute Gasteiger partial charge is 0.314 e. The first-order chi connectivity index (χ1) is 9.72. The molecule has 0 aromatic heterocycles. The normalized spacial score (nSPS) is 17.6. The molecule has 0 amide bonds. The highest BCUT2D eigenvalue weighted by atomic mass is 35.5. The first kappa shape index (κ1) is 15.8. The molecule has 1 aliphatic rings. The lowest BCUT2D eigenvalue weighted by atomic mass is 9.92. The second kappa shape index (κ2) is 7.99.